The highest BCUT2D eigenvalue weighted by Gasteiger charge is 1.98. The van der Waals surface area contributed by atoms with Crippen LogP contribution in [0.2, 0.25) is 0 Å². The van der Waals surface area contributed by atoms with Gasteiger partial charge in [0, 0.05) is 0 Å². The molecule has 0 heterocycles. The van der Waals surface area contributed by atoms with Crippen LogP contribution in [-0.4, -0.2) is 11.6 Å². The van der Waals surface area contributed by atoms with Crippen LogP contribution in [0.3, 0.4) is 0 Å². The van der Waals surface area contributed by atoms with Crippen molar-refractivity contribution in [1.82, 2.24) is 0 Å². The molecule has 0 aromatic heterocycles. The zero-order valence-corrected chi connectivity index (χ0v) is 8.84. The first-order valence-corrected chi connectivity index (χ1v) is 4.67. The molecule has 3 N–H and O–H groups in total. The summed E-state index contributed by atoms with van der Waals surface area (Å²) in [5, 5.41) is 20.5. The molecule has 6 nitrogen and oxygen atoms in total. The number of carbonyl (C=O) groups excluding carboxylic acids is 1. The lowest BCUT2D eigenvalue weighted by atomic mass is 10.1. The van der Waals surface area contributed by atoms with Crippen molar-refractivity contribution in [3.05, 3.63) is 29.8 Å². The minimum absolute atomic E-state index is 0.172. The van der Waals surface area contributed by atoms with Gasteiger partial charge in [-0.25, -0.2) is 0 Å². The number of primary amides is 1. The number of hydrazone groups is 1. The second-order valence-corrected chi connectivity index (χ2v) is 3.14. The minimum atomic E-state index is -0.403. The first-order chi connectivity index (χ1) is 8.15. The predicted octanol–water partition coefficient (Wildman–Crippen LogP) is 0.529. The van der Waals surface area contributed by atoms with Gasteiger partial charge in [-0.05, 0) is 17.7 Å². The zero-order valence-electron chi connectivity index (χ0n) is 8.84. The molecule has 0 unspecified atom stereocenters. The van der Waals surface area contributed by atoms with E-state index in [1.54, 1.807) is 36.4 Å². The monoisotopic (exact) mass is 227 g/mol. The van der Waals surface area contributed by atoms with E-state index in [9.17, 15) is 4.79 Å². The van der Waals surface area contributed by atoms with Crippen molar-refractivity contribution in [2.75, 3.05) is 5.43 Å². The Morgan fingerprint density at radius 3 is 2.35 bits per heavy atom. The Hall–Kier alpha value is -2.86. The Labute approximate surface area is 98.0 Å². The second-order valence-electron chi connectivity index (χ2n) is 3.14. The average Bonchev–Trinajstić information content (AvgIpc) is 2.32. The van der Waals surface area contributed by atoms with Gasteiger partial charge < -0.3 is 5.73 Å². The Bertz CT molecular complexity index is 502. The van der Waals surface area contributed by atoms with Crippen LogP contribution >= 0.6 is 0 Å². The van der Waals surface area contributed by atoms with Gasteiger partial charge in [-0.2, -0.15) is 15.6 Å². The Balaban J connectivity index is 2.70. The van der Waals surface area contributed by atoms with E-state index in [0.717, 1.165) is 5.56 Å². The number of benzene rings is 1. The zero-order chi connectivity index (χ0) is 12.7. The summed E-state index contributed by atoms with van der Waals surface area (Å²) in [4.78, 5) is 10.7. The third kappa shape index (κ3) is 4.02. The van der Waals surface area contributed by atoms with Crippen LogP contribution < -0.4 is 11.2 Å². The lowest BCUT2D eigenvalue weighted by Gasteiger charge is -2.01. The van der Waals surface area contributed by atoms with E-state index in [0.29, 0.717) is 5.69 Å². The van der Waals surface area contributed by atoms with Crippen LogP contribution in [0, 0.1) is 22.7 Å². The number of nitrogens with one attached hydrogen (secondary N) is 1. The fraction of sp³-hybridized carbons (Fsp3) is 0.0909. The Morgan fingerprint density at radius 1 is 1.29 bits per heavy atom. The number of carbonyl (C=O) groups is 1. The maximum atomic E-state index is 10.7. The number of rotatable bonds is 4. The number of nitrogens with zero attached hydrogens (tertiary/aromatic N) is 3. The molecule has 84 valence electrons. The highest BCUT2D eigenvalue weighted by Crippen LogP contribution is 2.09. The molecule has 1 amide bonds. The van der Waals surface area contributed by atoms with Crippen molar-refractivity contribution in [2.24, 2.45) is 10.8 Å². The van der Waals surface area contributed by atoms with Gasteiger partial charge in [0.15, 0.2) is 0 Å². The molecule has 0 aliphatic rings. The van der Waals surface area contributed by atoms with Crippen LogP contribution in [0.25, 0.3) is 0 Å². The molecule has 17 heavy (non-hydrogen) atoms. The fourth-order valence-corrected chi connectivity index (χ4v) is 1.09. The van der Waals surface area contributed by atoms with E-state index in [-0.39, 0.29) is 12.1 Å². The van der Waals surface area contributed by atoms with Crippen LogP contribution in [0.1, 0.15) is 5.56 Å². The summed E-state index contributed by atoms with van der Waals surface area (Å²) in [6.07, 6.45) is 0.172. The molecule has 0 spiro atoms. The van der Waals surface area contributed by atoms with Crippen molar-refractivity contribution >= 4 is 17.3 Å². The van der Waals surface area contributed by atoms with Gasteiger partial charge in [-0.15, -0.1) is 0 Å². The molecule has 0 fully saturated rings. The van der Waals surface area contributed by atoms with E-state index in [2.05, 4.69) is 10.5 Å². The van der Waals surface area contributed by atoms with Gasteiger partial charge in [0.25, 0.3) is 0 Å². The fourth-order valence-electron chi connectivity index (χ4n) is 1.09. The summed E-state index contributed by atoms with van der Waals surface area (Å²) in [6, 6.07) is 10.0. The smallest absolute Gasteiger partial charge is 0.237 e. The quantitative estimate of drug-likeness (QED) is 0.576. The van der Waals surface area contributed by atoms with E-state index in [1.165, 1.54) is 0 Å². The molecular formula is C11H9N5O. The molecule has 1 aromatic carbocycles. The van der Waals surface area contributed by atoms with Crippen molar-refractivity contribution in [3.8, 4) is 12.1 Å². The van der Waals surface area contributed by atoms with E-state index in [4.69, 9.17) is 16.3 Å². The maximum Gasteiger partial charge on any atom is 0.237 e. The van der Waals surface area contributed by atoms with Gasteiger partial charge in [-0.1, -0.05) is 12.1 Å². The molecule has 0 saturated carbocycles. The maximum absolute atomic E-state index is 10.7. The Morgan fingerprint density at radius 2 is 1.88 bits per heavy atom. The average molecular weight is 227 g/mol. The number of nitriles is 2. The van der Waals surface area contributed by atoms with Gasteiger partial charge in [0.2, 0.25) is 11.6 Å². The van der Waals surface area contributed by atoms with Crippen LogP contribution in [0.5, 0.6) is 0 Å². The molecule has 6 heteroatoms. The van der Waals surface area contributed by atoms with Crippen molar-refractivity contribution in [1.29, 1.82) is 10.5 Å². The first kappa shape index (κ1) is 12.2. The molecule has 0 bridgehead atoms. The van der Waals surface area contributed by atoms with Crippen molar-refractivity contribution < 1.29 is 4.79 Å². The summed E-state index contributed by atoms with van der Waals surface area (Å²) < 4.78 is 0. The van der Waals surface area contributed by atoms with E-state index < -0.39 is 5.91 Å². The SMILES string of the molecule is N#CC(C#N)=NNc1ccc(CC(N)=O)cc1. The van der Waals surface area contributed by atoms with Gasteiger partial charge >= 0.3 is 0 Å². The molecule has 0 radical (unpaired) electrons. The highest BCUT2D eigenvalue weighted by molar-refractivity contribution is 6.10. The number of anilines is 1. The summed E-state index contributed by atoms with van der Waals surface area (Å²) >= 11 is 0. The van der Waals surface area contributed by atoms with Crippen molar-refractivity contribution in [2.45, 2.75) is 6.42 Å². The summed E-state index contributed by atoms with van der Waals surface area (Å²) in [5.74, 6) is -0.403. The van der Waals surface area contributed by atoms with Gasteiger partial charge in [0.05, 0.1) is 12.1 Å². The van der Waals surface area contributed by atoms with Crippen LogP contribution in [-0.2, 0) is 11.2 Å². The largest absolute Gasteiger partial charge is 0.369 e. The number of nitrogens with two attached hydrogens (primary N) is 1. The normalized spacial score (nSPS) is 8.59. The lowest BCUT2D eigenvalue weighted by Crippen LogP contribution is -2.13. The Kier molecular flexibility index (Phi) is 4.23. The van der Waals surface area contributed by atoms with E-state index in [1.807, 2.05) is 0 Å². The molecule has 1 aromatic rings. The molecule has 1 rings (SSSR count). The van der Waals surface area contributed by atoms with Crippen LogP contribution in [0.15, 0.2) is 29.4 Å². The number of hydrogen-bond acceptors (Lipinski definition) is 5. The molecule has 0 atom stereocenters. The molecule has 0 aliphatic heterocycles. The van der Waals surface area contributed by atoms with Gasteiger partial charge in [0.1, 0.15) is 12.1 Å². The summed E-state index contributed by atoms with van der Waals surface area (Å²) in [6.45, 7) is 0. The van der Waals surface area contributed by atoms with Gasteiger partial charge in [-0.3, -0.25) is 10.2 Å². The molecule has 0 aliphatic carbocycles. The number of hydrogen-bond donors (Lipinski definition) is 2. The van der Waals surface area contributed by atoms with Crippen LogP contribution in [0.4, 0.5) is 5.69 Å². The minimum Gasteiger partial charge on any atom is -0.369 e. The predicted molar refractivity (Wildman–Crippen MR) is 61.6 cm³/mol. The van der Waals surface area contributed by atoms with E-state index >= 15 is 0 Å². The molecular weight excluding hydrogens is 218 g/mol. The van der Waals surface area contributed by atoms with Crippen molar-refractivity contribution in [3.63, 3.8) is 0 Å². The first-order valence-electron chi connectivity index (χ1n) is 4.67. The summed E-state index contributed by atoms with van der Waals surface area (Å²) in [7, 11) is 0. The summed E-state index contributed by atoms with van der Waals surface area (Å²) in [5.41, 5.74) is 8.74. The number of amides is 1. The third-order valence-electron chi connectivity index (χ3n) is 1.84. The highest BCUT2D eigenvalue weighted by atomic mass is 16.1. The lowest BCUT2D eigenvalue weighted by molar-refractivity contribution is -0.117. The second kappa shape index (κ2) is 5.89. The standard InChI is InChI=1S/C11H9N5O/c12-6-10(7-13)16-15-9-3-1-8(2-4-9)5-11(14)17/h1-4,15H,5H2,(H2,14,17). The third-order valence-corrected chi connectivity index (χ3v) is 1.84. The topological polar surface area (TPSA) is 115 Å². The molecule has 0 saturated heterocycles.